The number of nitrogens with one attached hydrogen (secondary N) is 1. The fourth-order valence-electron chi connectivity index (χ4n) is 4.29. The van der Waals surface area contributed by atoms with Crippen LogP contribution in [0.1, 0.15) is 28.6 Å². The lowest BCUT2D eigenvalue weighted by molar-refractivity contribution is 0.0214. The SMILES string of the molecule is COc1ccc(Cn2nnnc2C(c2cc3ccc(C)cc3[nH]c2=O)N2CCOCC2)cc1. The summed E-state index contributed by atoms with van der Waals surface area (Å²) in [5.74, 6) is 1.42. The Morgan fingerprint density at radius 2 is 1.91 bits per heavy atom. The van der Waals surface area contributed by atoms with Crippen molar-refractivity contribution in [2.24, 2.45) is 0 Å². The normalized spacial score (nSPS) is 15.6. The molecule has 3 heterocycles. The monoisotopic (exact) mass is 446 g/mol. The number of rotatable bonds is 6. The van der Waals surface area contributed by atoms with Crippen LogP contribution in [0.4, 0.5) is 0 Å². The summed E-state index contributed by atoms with van der Waals surface area (Å²) < 4.78 is 12.6. The zero-order chi connectivity index (χ0) is 22.8. The predicted octanol–water partition coefficient (Wildman–Crippen LogP) is 2.30. The lowest BCUT2D eigenvalue weighted by Gasteiger charge is -2.33. The number of H-pyrrole nitrogens is 1. The average Bonchev–Trinajstić information content (AvgIpc) is 3.28. The Balaban J connectivity index is 1.58. The number of ether oxygens (including phenoxy) is 2. The number of benzene rings is 2. The van der Waals surface area contributed by atoms with Crippen LogP contribution < -0.4 is 10.3 Å². The molecule has 1 fully saturated rings. The summed E-state index contributed by atoms with van der Waals surface area (Å²) in [7, 11) is 1.64. The highest BCUT2D eigenvalue weighted by Crippen LogP contribution is 2.28. The molecule has 9 nitrogen and oxygen atoms in total. The Morgan fingerprint density at radius 3 is 2.67 bits per heavy atom. The minimum atomic E-state index is -0.392. The third-order valence-corrected chi connectivity index (χ3v) is 6.03. The second-order valence-electron chi connectivity index (χ2n) is 8.24. The van der Waals surface area contributed by atoms with Crippen molar-refractivity contribution in [2.45, 2.75) is 19.5 Å². The van der Waals surface area contributed by atoms with E-state index in [1.807, 2.05) is 55.5 Å². The highest BCUT2D eigenvalue weighted by Gasteiger charge is 2.31. The smallest absolute Gasteiger partial charge is 0.253 e. The van der Waals surface area contributed by atoms with Crippen molar-refractivity contribution in [2.75, 3.05) is 33.4 Å². The van der Waals surface area contributed by atoms with Gasteiger partial charge in [-0.25, -0.2) is 4.68 Å². The molecule has 1 aliphatic heterocycles. The molecule has 2 aromatic heterocycles. The minimum Gasteiger partial charge on any atom is -0.497 e. The van der Waals surface area contributed by atoms with E-state index in [1.165, 1.54) is 0 Å². The molecule has 1 aliphatic rings. The van der Waals surface area contributed by atoms with Crippen molar-refractivity contribution in [3.63, 3.8) is 0 Å². The van der Waals surface area contributed by atoms with E-state index >= 15 is 0 Å². The first-order valence-electron chi connectivity index (χ1n) is 11.0. The van der Waals surface area contributed by atoms with E-state index in [9.17, 15) is 4.79 Å². The Kier molecular flexibility index (Phi) is 5.89. The number of methoxy groups -OCH3 is 1. The van der Waals surface area contributed by atoms with Crippen LogP contribution in [0.5, 0.6) is 5.75 Å². The molecule has 9 heteroatoms. The summed E-state index contributed by atoms with van der Waals surface area (Å²) in [6.07, 6.45) is 0. The summed E-state index contributed by atoms with van der Waals surface area (Å²) in [6, 6.07) is 15.4. The second kappa shape index (κ2) is 9.13. The lowest BCUT2D eigenvalue weighted by Crippen LogP contribution is -2.42. The van der Waals surface area contributed by atoms with E-state index in [2.05, 4.69) is 25.4 Å². The van der Waals surface area contributed by atoms with Gasteiger partial charge in [0.2, 0.25) is 0 Å². The van der Waals surface area contributed by atoms with Gasteiger partial charge in [-0.05, 0) is 58.1 Å². The molecule has 0 saturated carbocycles. The van der Waals surface area contributed by atoms with Crippen LogP contribution in [0, 0.1) is 6.92 Å². The number of hydrogen-bond donors (Lipinski definition) is 1. The van der Waals surface area contributed by atoms with Gasteiger partial charge in [0, 0.05) is 24.2 Å². The number of hydrogen-bond acceptors (Lipinski definition) is 7. The van der Waals surface area contributed by atoms with Crippen LogP contribution in [0.25, 0.3) is 10.9 Å². The molecule has 0 spiro atoms. The van der Waals surface area contributed by atoms with Crippen LogP contribution in [0.15, 0.2) is 53.3 Å². The molecule has 1 saturated heterocycles. The number of fused-ring (bicyclic) bond motifs is 1. The first kappa shape index (κ1) is 21.3. The van der Waals surface area contributed by atoms with Gasteiger partial charge in [-0.2, -0.15) is 0 Å². The first-order chi connectivity index (χ1) is 16.1. The molecule has 1 atom stereocenters. The van der Waals surface area contributed by atoms with Gasteiger partial charge in [-0.3, -0.25) is 9.69 Å². The third-order valence-electron chi connectivity index (χ3n) is 6.03. The lowest BCUT2D eigenvalue weighted by atomic mass is 10.0. The summed E-state index contributed by atoms with van der Waals surface area (Å²) in [5.41, 5.74) is 3.44. The number of morpholine rings is 1. The van der Waals surface area contributed by atoms with Gasteiger partial charge < -0.3 is 14.5 Å². The maximum atomic E-state index is 13.3. The van der Waals surface area contributed by atoms with E-state index < -0.39 is 6.04 Å². The molecule has 1 unspecified atom stereocenters. The zero-order valence-electron chi connectivity index (χ0n) is 18.7. The van der Waals surface area contributed by atoms with Crippen molar-refractivity contribution < 1.29 is 9.47 Å². The maximum absolute atomic E-state index is 13.3. The van der Waals surface area contributed by atoms with Crippen LogP contribution in [-0.4, -0.2) is 63.5 Å². The van der Waals surface area contributed by atoms with Gasteiger partial charge in [0.1, 0.15) is 11.8 Å². The van der Waals surface area contributed by atoms with E-state index in [4.69, 9.17) is 9.47 Å². The van der Waals surface area contributed by atoms with Gasteiger partial charge in [-0.15, -0.1) is 5.10 Å². The highest BCUT2D eigenvalue weighted by atomic mass is 16.5. The number of pyridine rings is 1. The molecule has 0 radical (unpaired) electrons. The molecule has 33 heavy (non-hydrogen) atoms. The third kappa shape index (κ3) is 4.37. The molecule has 0 amide bonds. The average molecular weight is 447 g/mol. The topological polar surface area (TPSA) is 98.2 Å². The molecule has 1 N–H and O–H groups in total. The number of tetrazole rings is 1. The van der Waals surface area contributed by atoms with Crippen molar-refractivity contribution in [1.82, 2.24) is 30.1 Å². The van der Waals surface area contributed by atoms with E-state index in [1.54, 1.807) is 11.8 Å². The maximum Gasteiger partial charge on any atom is 0.253 e. The second-order valence-corrected chi connectivity index (χ2v) is 8.24. The Morgan fingerprint density at radius 1 is 1.12 bits per heavy atom. The first-order valence-corrected chi connectivity index (χ1v) is 11.0. The molecular formula is C24H26N6O3. The van der Waals surface area contributed by atoms with Crippen LogP contribution in [0.3, 0.4) is 0 Å². The van der Waals surface area contributed by atoms with Gasteiger partial charge in [0.05, 0.1) is 26.9 Å². The Labute approximate surface area is 190 Å². The predicted molar refractivity (Wildman–Crippen MR) is 123 cm³/mol. The van der Waals surface area contributed by atoms with E-state index in [-0.39, 0.29) is 5.56 Å². The summed E-state index contributed by atoms with van der Waals surface area (Å²) >= 11 is 0. The fourth-order valence-corrected chi connectivity index (χ4v) is 4.29. The van der Waals surface area contributed by atoms with E-state index in [0.717, 1.165) is 27.8 Å². The molecule has 2 aromatic carbocycles. The molecule has 0 aliphatic carbocycles. The summed E-state index contributed by atoms with van der Waals surface area (Å²) in [5, 5.41) is 13.6. The molecule has 0 bridgehead atoms. The Hall–Kier alpha value is -3.56. The van der Waals surface area contributed by atoms with E-state index in [0.29, 0.717) is 44.2 Å². The van der Waals surface area contributed by atoms with Crippen molar-refractivity contribution in [3.8, 4) is 5.75 Å². The van der Waals surface area contributed by atoms with Crippen LogP contribution in [-0.2, 0) is 11.3 Å². The Bertz CT molecular complexity index is 1310. The van der Waals surface area contributed by atoms with Crippen molar-refractivity contribution in [3.05, 3.63) is 81.4 Å². The standard InChI is InChI=1S/C24H26N6O3/c1-16-3-6-18-14-20(24(31)25-21(18)13-16)22(29-9-11-33-12-10-29)23-26-27-28-30(23)15-17-4-7-19(32-2)8-5-17/h3-8,13-14,22H,9-12,15H2,1-2H3,(H,25,31). The molecule has 170 valence electrons. The van der Waals surface area contributed by atoms with Crippen molar-refractivity contribution >= 4 is 10.9 Å². The minimum absolute atomic E-state index is 0.136. The number of aromatic nitrogens is 5. The van der Waals surface area contributed by atoms with Crippen LogP contribution in [0.2, 0.25) is 0 Å². The molecule has 4 aromatic rings. The van der Waals surface area contributed by atoms with Crippen molar-refractivity contribution in [1.29, 1.82) is 0 Å². The van der Waals surface area contributed by atoms with Crippen LogP contribution >= 0.6 is 0 Å². The largest absolute Gasteiger partial charge is 0.497 e. The number of aromatic amines is 1. The quantitative estimate of drug-likeness (QED) is 0.485. The molecule has 5 rings (SSSR count). The number of nitrogens with zero attached hydrogens (tertiary/aromatic N) is 5. The van der Waals surface area contributed by atoms with Gasteiger partial charge in [0.25, 0.3) is 5.56 Å². The molecular weight excluding hydrogens is 420 g/mol. The fraction of sp³-hybridized carbons (Fsp3) is 0.333. The number of aryl methyl sites for hydroxylation is 1. The van der Waals surface area contributed by atoms with Gasteiger partial charge in [0.15, 0.2) is 5.82 Å². The highest BCUT2D eigenvalue weighted by molar-refractivity contribution is 5.79. The van der Waals surface area contributed by atoms with Gasteiger partial charge >= 0.3 is 0 Å². The summed E-state index contributed by atoms with van der Waals surface area (Å²) in [4.78, 5) is 18.5. The van der Waals surface area contributed by atoms with Gasteiger partial charge in [-0.1, -0.05) is 24.3 Å². The zero-order valence-corrected chi connectivity index (χ0v) is 18.7. The summed E-state index contributed by atoms with van der Waals surface area (Å²) in [6.45, 7) is 5.06.